The van der Waals surface area contributed by atoms with Crippen molar-refractivity contribution < 1.29 is 4.79 Å². The molecule has 23 heavy (non-hydrogen) atoms. The van der Waals surface area contributed by atoms with Crippen LogP contribution in [0, 0.1) is 0 Å². The lowest BCUT2D eigenvalue weighted by atomic mass is 10.2. The van der Waals surface area contributed by atoms with Crippen molar-refractivity contribution in [1.29, 1.82) is 0 Å². The molecule has 3 nitrogen and oxygen atoms in total. The van der Waals surface area contributed by atoms with Crippen LogP contribution in [0.3, 0.4) is 0 Å². The van der Waals surface area contributed by atoms with Crippen LogP contribution in [0.1, 0.15) is 26.7 Å². The third-order valence-electron chi connectivity index (χ3n) is 3.33. The van der Waals surface area contributed by atoms with Crippen LogP contribution >= 0.6 is 23.4 Å². The van der Waals surface area contributed by atoms with Gasteiger partial charge in [-0.3, -0.25) is 9.78 Å². The molecule has 0 saturated carbocycles. The fourth-order valence-corrected chi connectivity index (χ4v) is 3.27. The average molecular weight is 349 g/mol. The van der Waals surface area contributed by atoms with Gasteiger partial charge in [0.05, 0.1) is 11.9 Å². The maximum absolute atomic E-state index is 12.5. The van der Waals surface area contributed by atoms with Crippen molar-refractivity contribution in [2.75, 3.05) is 10.7 Å². The molecule has 2 rings (SSSR count). The van der Waals surface area contributed by atoms with Gasteiger partial charge < -0.3 is 4.90 Å². The van der Waals surface area contributed by atoms with Gasteiger partial charge in [0.2, 0.25) is 5.91 Å². The highest BCUT2D eigenvalue weighted by molar-refractivity contribution is 7.99. The Morgan fingerprint density at radius 3 is 2.61 bits per heavy atom. The Balaban J connectivity index is 1.84. The molecule has 0 N–H and O–H groups in total. The number of hydrogen-bond donors (Lipinski definition) is 0. The van der Waals surface area contributed by atoms with Gasteiger partial charge in [0.15, 0.2) is 0 Å². The normalized spacial score (nSPS) is 10.8. The van der Waals surface area contributed by atoms with Gasteiger partial charge in [-0.1, -0.05) is 11.6 Å². The number of carbonyl (C=O) groups is 1. The van der Waals surface area contributed by atoms with Crippen LogP contribution in [0.25, 0.3) is 0 Å². The van der Waals surface area contributed by atoms with Gasteiger partial charge in [0.1, 0.15) is 0 Å². The Hall–Kier alpha value is -1.52. The summed E-state index contributed by atoms with van der Waals surface area (Å²) in [6.45, 7) is 4.04. The number of halogens is 1. The molecule has 0 unspecified atom stereocenters. The number of carbonyl (C=O) groups excluding carboxylic acids is 1. The van der Waals surface area contributed by atoms with E-state index in [1.54, 1.807) is 24.2 Å². The Morgan fingerprint density at radius 1 is 1.26 bits per heavy atom. The Bertz CT molecular complexity index is 617. The molecular weight excluding hydrogens is 328 g/mol. The molecule has 1 aromatic heterocycles. The highest BCUT2D eigenvalue weighted by atomic mass is 35.5. The molecule has 1 heterocycles. The van der Waals surface area contributed by atoms with Crippen LogP contribution in [-0.2, 0) is 4.79 Å². The summed E-state index contributed by atoms with van der Waals surface area (Å²) in [4.78, 5) is 19.6. The van der Waals surface area contributed by atoms with Crippen molar-refractivity contribution in [1.82, 2.24) is 4.98 Å². The average Bonchev–Trinajstić information content (AvgIpc) is 2.54. The highest BCUT2D eigenvalue weighted by Crippen LogP contribution is 2.22. The van der Waals surface area contributed by atoms with Crippen molar-refractivity contribution >= 4 is 35.0 Å². The van der Waals surface area contributed by atoms with Gasteiger partial charge >= 0.3 is 0 Å². The number of aromatic nitrogens is 1. The van der Waals surface area contributed by atoms with E-state index in [1.165, 1.54) is 4.90 Å². The number of nitrogens with zero attached hydrogens (tertiary/aromatic N) is 2. The van der Waals surface area contributed by atoms with Crippen LogP contribution in [0.4, 0.5) is 5.69 Å². The second-order valence-corrected chi connectivity index (χ2v) is 7.08. The molecule has 0 atom stereocenters. The molecular formula is C18H21ClN2OS. The zero-order valence-corrected chi connectivity index (χ0v) is 15.0. The molecule has 0 aliphatic heterocycles. The summed E-state index contributed by atoms with van der Waals surface area (Å²) in [6.07, 6.45) is 4.83. The van der Waals surface area contributed by atoms with Crippen molar-refractivity contribution in [2.24, 2.45) is 0 Å². The molecule has 0 spiro atoms. The van der Waals surface area contributed by atoms with Crippen LogP contribution in [-0.4, -0.2) is 22.7 Å². The number of hydrogen-bond acceptors (Lipinski definition) is 3. The van der Waals surface area contributed by atoms with Gasteiger partial charge in [0.25, 0.3) is 0 Å². The van der Waals surface area contributed by atoms with E-state index in [0.29, 0.717) is 6.42 Å². The first-order chi connectivity index (χ1) is 11.1. The molecule has 0 saturated heterocycles. The maximum atomic E-state index is 12.5. The number of anilines is 1. The quantitative estimate of drug-likeness (QED) is 0.518. The molecule has 5 heteroatoms. The lowest BCUT2D eigenvalue weighted by molar-refractivity contribution is -0.119. The van der Waals surface area contributed by atoms with Gasteiger partial charge in [-0.25, -0.2) is 0 Å². The molecule has 0 radical (unpaired) electrons. The van der Waals surface area contributed by atoms with Gasteiger partial charge in [0, 0.05) is 28.6 Å². The third-order valence-corrected chi connectivity index (χ3v) is 4.68. The zero-order chi connectivity index (χ0) is 16.7. The first-order valence-electron chi connectivity index (χ1n) is 7.68. The predicted octanol–water partition coefficient (Wildman–Crippen LogP) is 5.05. The SMILES string of the molecule is CC(C)N(C(=O)CCCSc1ccc(Cl)cc1)c1cccnc1. The summed E-state index contributed by atoms with van der Waals surface area (Å²) in [5.41, 5.74) is 0.859. The first-order valence-corrected chi connectivity index (χ1v) is 9.04. The van der Waals surface area contributed by atoms with Crippen LogP contribution in [0.15, 0.2) is 53.7 Å². The number of amides is 1. The molecule has 0 aliphatic rings. The van der Waals surface area contributed by atoms with Crippen LogP contribution in [0.2, 0.25) is 5.02 Å². The van der Waals surface area contributed by atoms with Crippen molar-refractivity contribution in [3.05, 3.63) is 53.8 Å². The van der Waals surface area contributed by atoms with E-state index in [1.807, 2.05) is 55.1 Å². The minimum Gasteiger partial charge on any atom is -0.308 e. The van der Waals surface area contributed by atoms with E-state index in [9.17, 15) is 4.79 Å². The molecule has 0 fully saturated rings. The molecule has 1 aromatic carbocycles. The number of benzene rings is 1. The van der Waals surface area contributed by atoms with E-state index in [2.05, 4.69) is 4.98 Å². The summed E-state index contributed by atoms with van der Waals surface area (Å²) in [5, 5.41) is 0.744. The number of thioether (sulfide) groups is 1. The monoisotopic (exact) mass is 348 g/mol. The van der Waals surface area contributed by atoms with E-state index in [-0.39, 0.29) is 11.9 Å². The van der Waals surface area contributed by atoms with Gasteiger partial charge in [-0.15, -0.1) is 11.8 Å². The Labute approximate surface area is 147 Å². The summed E-state index contributed by atoms with van der Waals surface area (Å²) in [5.74, 6) is 1.05. The lowest BCUT2D eigenvalue weighted by Gasteiger charge is -2.26. The summed E-state index contributed by atoms with van der Waals surface area (Å²) in [7, 11) is 0. The molecule has 0 aliphatic carbocycles. The van der Waals surface area contributed by atoms with E-state index >= 15 is 0 Å². The van der Waals surface area contributed by atoms with Crippen LogP contribution < -0.4 is 4.90 Å². The maximum Gasteiger partial charge on any atom is 0.227 e. The standard InChI is InChI=1S/C18H21ClN2OS/c1-14(2)21(16-5-3-11-20-13-16)18(22)6-4-12-23-17-9-7-15(19)8-10-17/h3,5,7-11,13-14H,4,6,12H2,1-2H3. The fraction of sp³-hybridized carbons (Fsp3) is 0.333. The summed E-state index contributed by atoms with van der Waals surface area (Å²) >= 11 is 7.62. The topological polar surface area (TPSA) is 33.2 Å². The van der Waals surface area contributed by atoms with E-state index in [0.717, 1.165) is 22.9 Å². The molecule has 122 valence electrons. The van der Waals surface area contributed by atoms with Gasteiger partial charge in [-0.2, -0.15) is 0 Å². The highest BCUT2D eigenvalue weighted by Gasteiger charge is 2.18. The predicted molar refractivity (Wildman–Crippen MR) is 98.3 cm³/mol. The van der Waals surface area contributed by atoms with E-state index < -0.39 is 0 Å². The summed E-state index contributed by atoms with van der Waals surface area (Å²) < 4.78 is 0. The third kappa shape index (κ3) is 5.56. The molecule has 2 aromatic rings. The fourth-order valence-electron chi connectivity index (χ4n) is 2.29. The van der Waals surface area contributed by atoms with E-state index in [4.69, 9.17) is 11.6 Å². The first kappa shape index (κ1) is 17.8. The number of rotatable bonds is 7. The Kier molecular flexibility index (Phi) is 6.93. The van der Waals surface area contributed by atoms with Crippen LogP contribution in [0.5, 0.6) is 0 Å². The zero-order valence-electron chi connectivity index (χ0n) is 13.4. The Morgan fingerprint density at radius 2 is 2.00 bits per heavy atom. The molecule has 1 amide bonds. The number of pyridine rings is 1. The largest absolute Gasteiger partial charge is 0.308 e. The second kappa shape index (κ2) is 8.94. The summed E-state index contributed by atoms with van der Waals surface area (Å²) in [6, 6.07) is 11.7. The second-order valence-electron chi connectivity index (χ2n) is 5.47. The van der Waals surface area contributed by atoms with Crippen molar-refractivity contribution in [3.8, 4) is 0 Å². The smallest absolute Gasteiger partial charge is 0.227 e. The lowest BCUT2D eigenvalue weighted by Crippen LogP contribution is -2.37. The van der Waals surface area contributed by atoms with Gasteiger partial charge in [-0.05, 0) is 62.4 Å². The van der Waals surface area contributed by atoms with Crippen molar-refractivity contribution in [2.45, 2.75) is 37.6 Å². The molecule has 0 bridgehead atoms. The minimum absolute atomic E-state index is 0.121. The minimum atomic E-state index is 0.121. The van der Waals surface area contributed by atoms with Crippen molar-refractivity contribution in [3.63, 3.8) is 0 Å².